The normalized spacial score (nSPS) is 20.4. The van der Waals surface area contributed by atoms with Crippen molar-refractivity contribution in [3.63, 3.8) is 0 Å². The number of rotatable bonds is 4. The van der Waals surface area contributed by atoms with Crippen LogP contribution in [-0.4, -0.2) is 65.3 Å². The number of hydrogen-bond donors (Lipinski definition) is 3. The molecule has 1 atom stereocenters. The van der Waals surface area contributed by atoms with Gasteiger partial charge in [0.1, 0.15) is 11.9 Å². The van der Waals surface area contributed by atoms with Crippen LogP contribution in [0.5, 0.6) is 0 Å². The van der Waals surface area contributed by atoms with Crippen LogP contribution in [0.3, 0.4) is 0 Å². The number of hydrogen-bond acceptors (Lipinski definition) is 7. The summed E-state index contributed by atoms with van der Waals surface area (Å²) in [6.45, 7) is 8.64. The second kappa shape index (κ2) is 8.76. The van der Waals surface area contributed by atoms with E-state index >= 15 is 0 Å². The Morgan fingerprint density at radius 3 is 2.73 bits per heavy atom. The van der Waals surface area contributed by atoms with E-state index in [1.54, 1.807) is 13.1 Å². The van der Waals surface area contributed by atoms with Gasteiger partial charge in [0.2, 0.25) is 0 Å². The van der Waals surface area contributed by atoms with Gasteiger partial charge in [0, 0.05) is 46.0 Å². The molecule has 3 N–H and O–H groups in total. The topological polar surface area (TPSA) is 93.6 Å². The maximum atomic E-state index is 11.8. The molecule has 1 aliphatic carbocycles. The average molecular weight is 449 g/mol. The second-order valence-electron chi connectivity index (χ2n) is 9.18. The number of aromatic nitrogens is 2. The van der Waals surface area contributed by atoms with Crippen molar-refractivity contribution in [3.05, 3.63) is 52.1 Å². The smallest absolute Gasteiger partial charge is 0.269 e. The van der Waals surface area contributed by atoms with E-state index in [4.69, 9.17) is 4.98 Å². The van der Waals surface area contributed by atoms with E-state index in [9.17, 15) is 9.90 Å². The molecule has 5 rings (SSSR count). The van der Waals surface area contributed by atoms with Crippen molar-refractivity contribution in [1.29, 1.82) is 0 Å². The number of aliphatic hydroxyl groups excluding tert-OH is 1. The highest BCUT2D eigenvalue weighted by Crippen LogP contribution is 2.43. The standard InChI is InChI=1S/C25H32N6O2/c1-15-17(13-27-23-18-5-4-6-19(18)24(32)29-22(15)23)14-30-9-11-31(12-10-30)21-8-7-20(25(33)26-3)28-16(21)2/h7-8,13,24,29,32H,4-6,9-12,14H2,1-3H3,(H,26,33). The highest BCUT2D eigenvalue weighted by atomic mass is 16.3. The Labute approximate surface area is 194 Å². The largest absolute Gasteiger partial charge is 0.370 e. The molecular weight excluding hydrogens is 416 g/mol. The number of aryl methyl sites for hydroxylation is 1. The van der Waals surface area contributed by atoms with Gasteiger partial charge in [-0.3, -0.25) is 14.7 Å². The SMILES string of the molecule is CNC(=O)c1ccc(N2CCN(Cc3cnc4c(c3C)NC(O)C3=C4CCC3)CC2)c(C)n1. The van der Waals surface area contributed by atoms with E-state index in [0.29, 0.717) is 5.69 Å². The van der Waals surface area contributed by atoms with E-state index in [-0.39, 0.29) is 5.91 Å². The summed E-state index contributed by atoms with van der Waals surface area (Å²) in [6.07, 6.45) is 4.50. The van der Waals surface area contributed by atoms with Crippen molar-refractivity contribution in [1.82, 2.24) is 20.2 Å². The molecule has 2 aromatic rings. The van der Waals surface area contributed by atoms with Crippen molar-refractivity contribution in [3.8, 4) is 0 Å². The first kappa shape index (κ1) is 21.9. The highest BCUT2D eigenvalue weighted by Gasteiger charge is 2.31. The fraction of sp³-hybridized carbons (Fsp3) is 0.480. The van der Waals surface area contributed by atoms with Crippen LogP contribution in [0.25, 0.3) is 5.57 Å². The molecule has 2 aromatic heterocycles. The summed E-state index contributed by atoms with van der Waals surface area (Å²) in [5.74, 6) is -0.161. The van der Waals surface area contributed by atoms with Gasteiger partial charge in [-0.1, -0.05) is 0 Å². The average Bonchev–Trinajstić information content (AvgIpc) is 3.32. The van der Waals surface area contributed by atoms with Crippen LogP contribution in [0.1, 0.15) is 52.3 Å². The van der Waals surface area contributed by atoms with E-state index in [1.807, 2.05) is 19.2 Å². The third-order valence-corrected chi connectivity index (χ3v) is 7.22. The van der Waals surface area contributed by atoms with Gasteiger partial charge in [0.15, 0.2) is 0 Å². The van der Waals surface area contributed by atoms with Crippen LogP contribution >= 0.6 is 0 Å². The van der Waals surface area contributed by atoms with Gasteiger partial charge in [-0.25, -0.2) is 4.98 Å². The summed E-state index contributed by atoms with van der Waals surface area (Å²) in [5, 5.41) is 16.5. The molecule has 1 amide bonds. The summed E-state index contributed by atoms with van der Waals surface area (Å²) in [5.41, 5.74) is 9.20. The lowest BCUT2D eigenvalue weighted by Gasteiger charge is -2.37. The minimum absolute atomic E-state index is 0.161. The monoisotopic (exact) mass is 448 g/mol. The van der Waals surface area contributed by atoms with Crippen LogP contribution in [0, 0.1) is 13.8 Å². The first-order chi connectivity index (χ1) is 16.0. The molecule has 33 heavy (non-hydrogen) atoms. The number of aliphatic hydroxyl groups is 1. The third-order valence-electron chi connectivity index (χ3n) is 7.22. The molecule has 174 valence electrons. The third kappa shape index (κ3) is 3.98. The Hall–Kier alpha value is -2.97. The van der Waals surface area contributed by atoms with Gasteiger partial charge >= 0.3 is 0 Å². The second-order valence-corrected chi connectivity index (χ2v) is 9.18. The zero-order valence-corrected chi connectivity index (χ0v) is 19.6. The lowest BCUT2D eigenvalue weighted by atomic mass is 9.96. The lowest BCUT2D eigenvalue weighted by molar-refractivity contribution is 0.0958. The van der Waals surface area contributed by atoms with Gasteiger partial charge in [-0.15, -0.1) is 0 Å². The fourth-order valence-corrected chi connectivity index (χ4v) is 5.30. The number of nitrogens with zero attached hydrogens (tertiary/aromatic N) is 4. The quantitative estimate of drug-likeness (QED) is 0.662. The zero-order chi connectivity index (χ0) is 23.1. The zero-order valence-electron chi connectivity index (χ0n) is 19.6. The molecular formula is C25H32N6O2. The minimum atomic E-state index is -0.582. The maximum absolute atomic E-state index is 11.8. The number of fused-ring (bicyclic) bond motifs is 2. The predicted octanol–water partition coefficient (Wildman–Crippen LogP) is 2.46. The molecule has 4 heterocycles. The molecule has 0 bridgehead atoms. The summed E-state index contributed by atoms with van der Waals surface area (Å²) >= 11 is 0. The molecule has 1 unspecified atom stereocenters. The van der Waals surface area contributed by atoms with Gasteiger partial charge in [-0.2, -0.15) is 0 Å². The first-order valence-electron chi connectivity index (χ1n) is 11.8. The van der Waals surface area contributed by atoms with Crippen molar-refractivity contribution in [2.45, 2.75) is 45.9 Å². The van der Waals surface area contributed by atoms with Crippen molar-refractivity contribution in [2.75, 3.05) is 43.4 Å². The molecule has 0 aromatic carbocycles. The summed E-state index contributed by atoms with van der Waals surface area (Å²) in [7, 11) is 1.62. The Bertz CT molecular complexity index is 1120. The maximum Gasteiger partial charge on any atom is 0.269 e. The van der Waals surface area contributed by atoms with Gasteiger partial charge in [-0.05, 0) is 67.5 Å². The number of anilines is 2. The Morgan fingerprint density at radius 2 is 2.00 bits per heavy atom. The van der Waals surface area contributed by atoms with Gasteiger partial charge < -0.3 is 20.6 Å². The first-order valence-corrected chi connectivity index (χ1v) is 11.8. The van der Waals surface area contributed by atoms with Crippen LogP contribution in [0.2, 0.25) is 0 Å². The van der Waals surface area contributed by atoms with Crippen LogP contribution in [-0.2, 0) is 6.54 Å². The number of carbonyl (C=O) groups excluding carboxylic acids is 1. The summed E-state index contributed by atoms with van der Waals surface area (Å²) in [6, 6.07) is 3.80. The number of carbonyl (C=O) groups is 1. The molecule has 8 heteroatoms. The summed E-state index contributed by atoms with van der Waals surface area (Å²) in [4.78, 5) is 25.9. The van der Waals surface area contributed by atoms with Crippen molar-refractivity contribution in [2.24, 2.45) is 0 Å². The predicted molar refractivity (Wildman–Crippen MR) is 129 cm³/mol. The van der Waals surface area contributed by atoms with Gasteiger partial charge in [0.05, 0.1) is 22.8 Å². The lowest BCUT2D eigenvalue weighted by Crippen LogP contribution is -2.46. The fourth-order valence-electron chi connectivity index (χ4n) is 5.30. The van der Waals surface area contributed by atoms with E-state index in [2.05, 4.69) is 32.3 Å². The Morgan fingerprint density at radius 1 is 1.21 bits per heavy atom. The van der Waals surface area contributed by atoms with E-state index in [1.165, 1.54) is 16.7 Å². The number of allylic oxidation sites excluding steroid dienone is 1. The Kier molecular flexibility index (Phi) is 5.80. The Balaban J connectivity index is 1.26. The molecule has 1 fully saturated rings. The molecule has 1 saturated heterocycles. The molecule has 2 aliphatic heterocycles. The molecule has 8 nitrogen and oxygen atoms in total. The van der Waals surface area contributed by atoms with E-state index < -0.39 is 6.23 Å². The van der Waals surface area contributed by atoms with Crippen LogP contribution in [0.4, 0.5) is 11.4 Å². The number of piperazine rings is 1. The molecule has 0 radical (unpaired) electrons. The highest BCUT2D eigenvalue weighted by molar-refractivity contribution is 5.92. The van der Waals surface area contributed by atoms with E-state index in [0.717, 1.165) is 80.3 Å². The van der Waals surface area contributed by atoms with Crippen LogP contribution in [0.15, 0.2) is 23.9 Å². The minimum Gasteiger partial charge on any atom is -0.370 e. The van der Waals surface area contributed by atoms with Crippen molar-refractivity contribution < 1.29 is 9.90 Å². The molecule has 0 spiro atoms. The molecule has 0 saturated carbocycles. The van der Waals surface area contributed by atoms with Crippen LogP contribution < -0.4 is 15.5 Å². The number of pyridine rings is 2. The summed E-state index contributed by atoms with van der Waals surface area (Å²) < 4.78 is 0. The van der Waals surface area contributed by atoms with Crippen molar-refractivity contribution >= 4 is 22.9 Å². The number of nitrogens with one attached hydrogen (secondary N) is 2. The number of amides is 1. The molecule has 3 aliphatic rings. The van der Waals surface area contributed by atoms with Gasteiger partial charge in [0.25, 0.3) is 5.91 Å².